The summed E-state index contributed by atoms with van der Waals surface area (Å²) in [6.07, 6.45) is -3.95. The van der Waals surface area contributed by atoms with Crippen molar-refractivity contribution in [2.45, 2.75) is 38.0 Å². The number of nitrogens with zero attached hydrogens (tertiary/aromatic N) is 3. The topological polar surface area (TPSA) is 197 Å². The first kappa shape index (κ1) is 22.6. The van der Waals surface area contributed by atoms with Gasteiger partial charge in [-0.1, -0.05) is 34.8 Å². The van der Waals surface area contributed by atoms with Crippen LogP contribution in [-0.4, -0.2) is 59.5 Å². The fourth-order valence-corrected chi connectivity index (χ4v) is 4.10. The number of nitrogen functional groups attached to an aromatic ring is 1. The Labute approximate surface area is 180 Å². The SMILES string of the molecule is Cc1cccc(Cn2c[n+]([C@@H]3O[C@H](COP(=O)(O)O)[C@@H](O)[C@H]3O)c3nc(N)[nH]c(=O)c32)c1. The summed E-state index contributed by atoms with van der Waals surface area (Å²) in [4.78, 5) is 37.1. The summed E-state index contributed by atoms with van der Waals surface area (Å²) in [5.41, 5.74) is 7.42. The molecule has 172 valence electrons. The lowest BCUT2D eigenvalue weighted by atomic mass is 10.1. The number of imidazole rings is 1. The molecule has 0 amide bonds. The highest BCUT2D eigenvalue weighted by Gasteiger charge is 2.47. The number of benzene rings is 1. The van der Waals surface area contributed by atoms with E-state index < -0.39 is 44.5 Å². The highest BCUT2D eigenvalue weighted by molar-refractivity contribution is 7.46. The number of aliphatic hydroxyl groups excluding tert-OH is 2. The molecule has 7 N–H and O–H groups in total. The van der Waals surface area contributed by atoms with Gasteiger partial charge in [-0.05, 0) is 12.5 Å². The number of hydrogen-bond donors (Lipinski definition) is 6. The Morgan fingerprint density at radius 2 is 2.09 bits per heavy atom. The molecule has 0 radical (unpaired) electrons. The fraction of sp³-hybridized carbons (Fsp3) is 0.389. The molecule has 1 saturated heterocycles. The molecule has 0 saturated carbocycles. The van der Waals surface area contributed by atoms with Crippen LogP contribution in [0.4, 0.5) is 5.95 Å². The van der Waals surface area contributed by atoms with E-state index in [0.717, 1.165) is 11.1 Å². The van der Waals surface area contributed by atoms with Crippen LogP contribution in [0.15, 0.2) is 35.4 Å². The maximum Gasteiger partial charge on any atom is 0.469 e. The molecule has 3 aromatic rings. The Hall–Kier alpha value is -2.64. The lowest BCUT2D eigenvalue weighted by molar-refractivity contribution is -0.745. The normalized spacial score (nSPS) is 23.8. The Kier molecular flexibility index (Phi) is 5.90. The molecular formula is C18H23N5O8P+. The molecule has 1 fully saturated rings. The van der Waals surface area contributed by atoms with E-state index in [-0.39, 0.29) is 17.1 Å². The van der Waals surface area contributed by atoms with Crippen molar-refractivity contribution in [3.8, 4) is 0 Å². The van der Waals surface area contributed by atoms with Crippen molar-refractivity contribution >= 4 is 24.9 Å². The number of ether oxygens (including phenoxy) is 1. The summed E-state index contributed by atoms with van der Waals surface area (Å²) in [5, 5.41) is 20.8. The van der Waals surface area contributed by atoms with Gasteiger partial charge in [-0.2, -0.15) is 0 Å². The van der Waals surface area contributed by atoms with Gasteiger partial charge in [0.15, 0.2) is 6.33 Å². The van der Waals surface area contributed by atoms with E-state index >= 15 is 0 Å². The van der Waals surface area contributed by atoms with Crippen LogP contribution < -0.4 is 15.9 Å². The number of phosphoric ester groups is 1. The maximum absolute atomic E-state index is 12.7. The number of fused-ring (bicyclic) bond motifs is 1. The predicted octanol–water partition coefficient (Wildman–Crippen LogP) is -1.32. The van der Waals surface area contributed by atoms with Crippen molar-refractivity contribution in [2.75, 3.05) is 12.3 Å². The second-order valence-corrected chi connectivity index (χ2v) is 8.84. The molecule has 4 atom stereocenters. The average Bonchev–Trinajstić information content (AvgIpc) is 3.17. The Morgan fingerprint density at radius 3 is 2.78 bits per heavy atom. The van der Waals surface area contributed by atoms with Gasteiger partial charge < -0.3 is 30.5 Å². The van der Waals surface area contributed by atoms with E-state index in [9.17, 15) is 19.6 Å². The molecule has 32 heavy (non-hydrogen) atoms. The highest BCUT2D eigenvalue weighted by Crippen LogP contribution is 2.37. The number of aliphatic hydroxyl groups is 2. The fourth-order valence-electron chi connectivity index (χ4n) is 3.75. The molecule has 1 aliphatic rings. The van der Waals surface area contributed by atoms with Gasteiger partial charge in [0.2, 0.25) is 11.7 Å². The molecule has 14 heteroatoms. The van der Waals surface area contributed by atoms with Crippen LogP contribution in [0.2, 0.25) is 0 Å². The minimum atomic E-state index is -4.81. The molecule has 3 heterocycles. The van der Waals surface area contributed by atoms with Crippen molar-refractivity contribution < 1.29 is 38.4 Å². The van der Waals surface area contributed by atoms with Crippen LogP contribution in [0.3, 0.4) is 0 Å². The molecule has 0 spiro atoms. The predicted molar refractivity (Wildman–Crippen MR) is 109 cm³/mol. The average molecular weight is 468 g/mol. The molecule has 0 bridgehead atoms. The first-order valence-corrected chi connectivity index (χ1v) is 11.1. The second-order valence-electron chi connectivity index (χ2n) is 7.60. The van der Waals surface area contributed by atoms with E-state index in [4.69, 9.17) is 20.3 Å². The van der Waals surface area contributed by atoms with E-state index in [1.165, 1.54) is 10.9 Å². The zero-order valence-electron chi connectivity index (χ0n) is 16.9. The van der Waals surface area contributed by atoms with Gasteiger partial charge in [0.1, 0.15) is 18.3 Å². The molecule has 4 rings (SSSR count). The van der Waals surface area contributed by atoms with Crippen molar-refractivity contribution in [1.29, 1.82) is 0 Å². The van der Waals surface area contributed by atoms with Gasteiger partial charge in [0.25, 0.3) is 11.5 Å². The quantitative estimate of drug-likeness (QED) is 0.186. The van der Waals surface area contributed by atoms with Crippen LogP contribution in [0, 0.1) is 6.92 Å². The molecule has 1 aliphatic heterocycles. The van der Waals surface area contributed by atoms with Gasteiger partial charge in [-0.3, -0.25) is 18.9 Å². The van der Waals surface area contributed by atoms with Crippen molar-refractivity contribution in [3.05, 3.63) is 52.1 Å². The lowest BCUT2D eigenvalue weighted by Gasteiger charge is -2.14. The number of hydrogen-bond acceptors (Lipinski definition) is 8. The number of rotatable bonds is 6. The maximum atomic E-state index is 12.7. The van der Waals surface area contributed by atoms with Crippen LogP contribution >= 0.6 is 7.82 Å². The first-order valence-electron chi connectivity index (χ1n) is 9.60. The third-order valence-corrected chi connectivity index (χ3v) is 5.63. The molecular weight excluding hydrogens is 445 g/mol. The first-order chi connectivity index (χ1) is 15.0. The summed E-state index contributed by atoms with van der Waals surface area (Å²) < 4.78 is 24.0. The standard InChI is InChI=1S/C18H22N5O8P/c1-9-3-2-4-10(5-9)6-22-8-23(15-12(22)16(26)21-18(19)20-15)17-14(25)13(24)11(31-17)7-30-32(27,28)29/h2-5,8,11,13-14,17,24-25H,6-7H2,1H3,(H4-,19,20,21,26,27,28,29)/p+1/t11-,13-,14-,17-/m1/s1. The molecule has 2 aromatic heterocycles. The molecule has 1 aromatic carbocycles. The number of anilines is 1. The van der Waals surface area contributed by atoms with Gasteiger partial charge in [0.05, 0.1) is 13.2 Å². The number of aryl methyl sites for hydroxylation is 1. The summed E-state index contributed by atoms with van der Waals surface area (Å²) in [5.74, 6) is -0.154. The minimum Gasteiger partial charge on any atom is -0.387 e. The smallest absolute Gasteiger partial charge is 0.387 e. The number of aromatic amines is 1. The Balaban J connectivity index is 1.74. The largest absolute Gasteiger partial charge is 0.469 e. The molecule has 13 nitrogen and oxygen atoms in total. The van der Waals surface area contributed by atoms with Crippen molar-refractivity contribution in [3.63, 3.8) is 0 Å². The monoisotopic (exact) mass is 468 g/mol. The van der Waals surface area contributed by atoms with E-state index in [1.807, 2.05) is 31.2 Å². The van der Waals surface area contributed by atoms with Gasteiger partial charge in [-0.15, -0.1) is 0 Å². The highest BCUT2D eigenvalue weighted by atomic mass is 31.2. The Bertz CT molecular complexity index is 1250. The van der Waals surface area contributed by atoms with Crippen LogP contribution in [0.1, 0.15) is 17.4 Å². The van der Waals surface area contributed by atoms with Crippen molar-refractivity contribution in [1.82, 2.24) is 14.5 Å². The van der Waals surface area contributed by atoms with Gasteiger partial charge in [-0.25, -0.2) is 9.13 Å². The number of phosphoric acid groups is 1. The summed E-state index contributed by atoms with van der Waals surface area (Å²) in [6.45, 7) is 1.59. The van der Waals surface area contributed by atoms with Crippen LogP contribution in [0.25, 0.3) is 11.2 Å². The summed E-state index contributed by atoms with van der Waals surface area (Å²) in [6, 6.07) is 7.67. The molecule has 0 aliphatic carbocycles. The number of aromatic nitrogens is 4. The lowest BCUT2D eigenvalue weighted by Crippen LogP contribution is -2.46. The van der Waals surface area contributed by atoms with Gasteiger partial charge >= 0.3 is 13.5 Å². The van der Waals surface area contributed by atoms with Crippen LogP contribution in [-0.2, 0) is 20.4 Å². The second kappa shape index (κ2) is 8.37. The Morgan fingerprint density at radius 1 is 1.34 bits per heavy atom. The third-order valence-electron chi connectivity index (χ3n) is 5.14. The van der Waals surface area contributed by atoms with Crippen LogP contribution in [0.5, 0.6) is 0 Å². The zero-order chi connectivity index (χ0) is 23.2. The molecule has 0 unspecified atom stereocenters. The van der Waals surface area contributed by atoms with E-state index in [1.54, 1.807) is 4.57 Å². The van der Waals surface area contributed by atoms with E-state index in [2.05, 4.69) is 14.5 Å². The third kappa shape index (κ3) is 4.45. The zero-order valence-corrected chi connectivity index (χ0v) is 17.8. The minimum absolute atomic E-state index is 0.103. The van der Waals surface area contributed by atoms with Crippen molar-refractivity contribution in [2.24, 2.45) is 0 Å². The number of nitrogens with two attached hydrogens (primary N) is 1. The van der Waals surface area contributed by atoms with E-state index in [0.29, 0.717) is 6.54 Å². The summed E-state index contributed by atoms with van der Waals surface area (Å²) >= 11 is 0. The number of H-pyrrole nitrogens is 1. The van der Waals surface area contributed by atoms with Gasteiger partial charge in [0, 0.05) is 0 Å². The number of nitrogens with one attached hydrogen (secondary N) is 1. The summed E-state index contributed by atoms with van der Waals surface area (Å²) in [7, 11) is -4.81.